The molecule has 1 aliphatic carbocycles. The van der Waals surface area contributed by atoms with Crippen LogP contribution in [0.3, 0.4) is 0 Å². The molecule has 0 spiro atoms. The Kier molecular flexibility index (Phi) is 2.14. The highest BCUT2D eigenvalue weighted by Crippen LogP contribution is 2.19. The number of aromatic nitrogens is 2. The van der Waals surface area contributed by atoms with Crippen LogP contribution in [0.2, 0.25) is 0 Å². The molecule has 72 valence electrons. The summed E-state index contributed by atoms with van der Waals surface area (Å²) in [4.78, 5) is 0. The van der Waals surface area contributed by atoms with Crippen molar-refractivity contribution in [3.8, 4) is 0 Å². The number of fused-ring (bicyclic) bond motifs is 1. The van der Waals surface area contributed by atoms with E-state index in [1.54, 1.807) is 11.4 Å². The molecule has 2 heteroatoms. The molecule has 0 fully saturated rings. The van der Waals surface area contributed by atoms with Crippen LogP contribution in [0.4, 0.5) is 0 Å². The number of hydrogen-bond donors (Lipinski definition) is 0. The van der Waals surface area contributed by atoms with Crippen LogP contribution in [-0.4, -0.2) is 4.57 Å². The summed E-state index contributed by atoms with van der Waals surface area (Å²) in [6, 6.07) is 0. The van der Waals surface area contributed by atoms with Crippen LogP contribution in [0, 0.1) is 0 Å². The molecule has 0 aromatic carbocycles. The zero-order chi connectivity index (χ0) is 9.42. The minimum atomic E-state index is 1.14. The van der Waals surface area contributed by atoms with E-state index in [0.717, 1.165) is 6.42 Å². The van der Waals surface area contributed by atoms with Gasteiger partial charge in [-0.25, -0.2) is 9.13 Å². The summed E-state index contributed by atoms with van der Waals surface area (Å²) in [5, 5.41) is 0. The summed E-state index contributed by atoms with van der Waals surface area (Å²) < 4.78 is 4.79. The molecular formula is C11H19N2+. The first kappa shape index (κ1) is 8.79. The molecule has 0 atom stereocenters. The molecule has 0 aliphatic heterocycles. The molecule has 0 saturated heterocycles. The van der Waals surface area contributed by atoms with Crippen LogP contribution in [0.25, 0.3) is 0 Å². The van der Waals surface area contributed by atoms with E-state index in [1.807, 2.05) is 0 Å². The van der Waals surface area contributed by atoms with Gasteiger partial charge in [0.25, 0.3) is 5.82 Å². The van der Waals surface area contributed by atoms with Gasteiger partial charge in [0.2, 0.25) is 0 Å². The molecular weight excluding hydrogens is 160 g/mol. The highest BCUT2D eigenvalue weighted by Gasteiger charge is 2.26. The van der Waals surface area contributed by atoms with Gasteiger partial charge in [-0.1, -0.05) is 6.92 Å². The minimum absolute atomic E-state index is 1.14. The van der Waals surface area contributed by atoms with E-state index < -0.39 is 0 Å². The maximum Gasteiger partial charge on any atom is 0.256 e. The molecule has 1 aromatic heterocycles. The van der Waals surface area contributed by atoms with Gasteiger partial charge in [0.1, 0.15) is 11.4 Å². The summed E-state index contributed by atoms with van der Waals surface area (Å²) in [5.41, 5.74) is 3.15. The number of rotatable bonds is 1. The Labute approximate surface area is 80.2 Å². The number of hydrogen-bond acceptors (Lipinski definition) is 0. The fraction of sp³-hybridized carbons (Fsp3) is 0.727. The topological polar surface area (TPSA) is 8.81 Å². The van der Waals surface area contributed by atoms with Gasteiger partial charge in [0.05, 0.1) is 14.1 Å². The first-order chi connectivity index (χ1) is 6.25. The SMILES string of the molecule is CCc1n(C)c2c([n+]1C)CCCC2. The van der Waals surface area contributed by atoms with Crippen molar-refractivity contribution in [1.29, 1.82) is 0 Å². The van der Waals surface area contributed by atoms with Crippen LogP contribution < -0.4 is 4.57 Å². The lowest BCUT2D eigenvalue weighted by atomic mass is 10.0. The summed E-state index contributed by atoms with van der Waals surface area (Å²) in [6.07, 6.45) is 6.43. The second kappa shape index (κ2) is 3.17. The first-order valence-electron chi connectivity index (χ1n) is 5.31. The fourth-order valence-electron chi connectivity index (χ4n) is 2.61. The Morgan fingerprint density at radius 2 is 2.00 bits per heavy atom. The third-order valence-corrected chi connectivity index (χ3v) is 3.31. The Bertz CT molecular complexity index is 294. The first-order valence-corrected chi connectivity index (χ1v) is 5.31. The molecule has 0 saturated carbocycles. The Morgan fingerprint density at radius 1 is 1.31 bits per heavy atom. The normalized spacial score (nSPS) is 15.9. The molecule has 0 bridgehead atoms. The highest BCUT2D eigenvalue weighted by molar-refractivity contribution is 5.13. The van der Waals surface area contributed by atoms with Crippen LogP contribution in [0.1, 0.15) is 37.0 Å². The van der Waals surface area contributed by atoms with Gasteiger partial charge >= 0.3 is 0 Å². The second-order valence-corrected chi connectivity index (χ2v) is 3.99. The van der Waals surface area contributed by atoms with Crippen molar-refractivity contribution < 1.29 is 4.57 Å². The monoisotopic (exact) mass is 179 g/mol. The standard InChI is InChI=1S/C11H19N2/c1-4-11-12(2)9-7-5-6-8-10(9)13(11)3/h4-8H2,1-3H3/q+1. The van der Waals surface area contributed by atoms with Crippen molar-refractivity contribution >= 4 is 0 Å². The Balaban J connectivity index is 2.56. The molecule has 1 heterocycles. The molecule has 0 N–H and O–H groups in total. The summed E-state index contributed by atoms with van der Waals surface area (Å²) in [5.74, 6) is 1.46. The zero-order valence-corrected chi connectivity index (χ0v) is 8.93. The summed E-state index contributed by atoms with van der Waals surface area (Å²) in [6.45, 7) is 2.24. The van der Waals surface area contributed by atoms with Gasteiger partial charge in [-0.05, 0) is 12.8 Å². The molecule has 2 rings (SSSR count). The Morgan fingerprint density at radius 3 is 2.62 bits per heavy atom. The zero-order valence-electron chi connectivity index (χ0n) is 8.93. The predicted molar refractivity (Wildman–Crippen MR) is 52.6 cm³/mol. The number of nitrogens with zero attached hydrogens (tertiary/aromatic N) is 2. The van der Waals surface area contributed by atoms with E-state index in [0.29, 0.717) is 0 Å². The van der Waals surface area contributed by atoms with Gasteiger partial charge in [-0.15, -0.1) is 0 Å². The van der Waals surface area contributed by atoms with Crippen LogP contribution in [0.5, 0.6) is 0 Å². The number of imidazole rings is 1. The Hall–Kier alpha value is -0.790. The lowest BCUT2D eigenvalue weighted by Crippen LogP contribution is -2.36. The van der Waals surface area contributed by atoms with Gasteiger partial charge in [0.15, 0.2) is 0 Å². The minimum Gasteiger partial charge on any atom is -0.234 e. The van der Waals surface area contributed by atoms with Crippen molar-refractivity contribution in [2.24, 2.45) is 14.1 Å². The third kappa shape index (κ3) is 1.19. The third-order valence-electron chi connectivity index (χ3n) is 3.31. The molecule has 1 aromatic rings. The van der Waals surface area contributed by atoms with Gasteiger partial charge in [-0.3, -0.25) is 0 Å². The van der Waals surface area contributed by atoms with Crippen molar-refractivity contribution in [2.45, 2.75) is 39.0 Å². The average Bonchev–Trinajstić information content (AvgIpc) is 2.41. The van der Waals surface area contributed by atoms with E-state index in [9.17, 15) is 0 Å². The maximum absolute atomic E-state index is 2.40. The average molecular weight is 179 g/mol. The van der Waals surface area contributed by atoms with Crippen molar-refractivity contribution in [3.05, 3.63) is 17.2 Å². The smallest absolute Gasteiger partial charge is 0.234 e. The van der Waals surface area contributed by atoms with E-state index in [2.05, 4.69) is 30.2 Å². The van der Waals surface area contributed by atoms with E-state index >= 15 is 0 Å². The van der Waals surface area contributed by atoms with Crippen molar-refractivity contribution in [1.82, 2.24) is 4.57 Å². The largest absolute Gasteiger partial charge is 0.256 e. The summed E-state index contributed by atoms with van der Waals surface area (Å²) >= 11 is 0. The van der Waals surface area contributed by atoms with Crippen molar-refractivity contribution in [3.63, 3.8) is 0 Å². The van der Waals surface area contributed by atoms with Crippen LogP contribution >= 0.6 is 0 Å². The molecule has 1 aliphatic rings. The van der Waals surface area contributed by atoms with Gasteiger partial charge in [0, 0.05) is 19.3 Å². The fourth-order valence-corrected chi connectivity index (χ4v) is 2.61. The highest BCUT2D eigenvalue weighted by atomic mass is 15.2. The summed E-state index contributed by atoms with van der Waals surface area (Å²) in [7, 11) is 4.42. The van der Waals surface area contributed by atoms with Gasteiger partial charge < -0.3 is 0 Å². The van der Waals surface area contributed by atoms with E-state index in [-0.39, 0.29) is 0 Å². The molecule has 0 unspecified atom stereocenters. The van der Waals surface area contributed by atoms with E-state index in [4.69, 9.17) is 0 Å². The maximum atomic E-state index is 2.40. The van der Waals surface area contributed by atoms with E-state index in [1.165, 1.54) is 31.5 Å². The molecule has 2 nitrogen and oxygen atoms in total. The quantitative estimate of drug-likeness (QED) is 0.574. The van der Waals surface area contributed by atoms with Gasteiger partial charge in [-0.2, -0.15) is 0 Å². The molecule has 0 radical (unpaired) electrons. The van der Waals surface area contributed by atoms with Crippen molar-refractivity contribution in [2.75, 3.05) is 0 Å². The van der Waals surface area contributed by atoms with Crippen LogP contribution in [-0.2, 0) is 33.4 Å². The lowest BCUT2D eigenvalue weighted by Gasteiger charge is -2.07. The predicted octanol–water partition coefficient (Wildman–Crippen LogP) is 1.29. The van der Waals surface area contributed by atoms with Crippen LogP contribution in [0.15, 0.2) is 0 Å². The second-order valence-electron chi connectivity index (χ2n) is 3.99. The molecule has 13 heavy (non-hydrogen) atoms. The lowest BCUT2D eigenvalue weighted by molar-refractivity contribution is -0.686. The molecule has 0 amide bonds.